The summed E-state index contributed by atoms with van der Waals surface area (Å²) < 4.78 is 269. The number of rotatable bonds is 13. The molecule has 5 aromatic carbocycles. The number of methoxy groups -OCH3 is 1. The molecule has 16 bridgehead atoms. The van der Waals surface area contributed by atoms with E-state index in [1.807, 2.05) is 0 Å². The van der Waals surface area contributed by atoms with Crippen LogP contribution in [0.15, 0.2) is 219 Å². The summed E-state index contributed by atoms with van der Waals surface area (Å²) in [6.07, 6.45) is 24.5. The molecule has 4 aliphatic carbocycles. The number of pyridine rings is 4. The van der Waals surface area contributed by atoms with Gasteiger partial charge in [0, 0.05) is 127 Å². The summed E-state index contributed by atoms with van der Waals surface area (Å²) in [5.41, 5.74) is 16.0. The third kappa shape index (κ3) is 31.7. The molecule has 30 rings (SSSR count). The van der Waals surface area contributed by atoms with Crippen LogP contribution in [-0.2, 0) is 55.5 Å². The normalized spacial score (nSPS) is 20.3. The van der Waals surface area contributed by atoms with Crippen molar-refractivity contribution < 1.29 is 143 Å². The maximum atomic E-state index is 13.0. The molecule has 21 aliphatic rings. The molecule has 39 heteroatoms. The summed E-state index contributed by atoms with van der Waals surface area (Å²) in [5.74, 6) is 2.26. The summed E-state index contributed by atoms with van der Waals surface area (Å²) in [6.45, 7) is 6.52. The summed E-state index contributed by atoms with van der Waals surface area (Å²) >= 11 is 0. The molecule has 0 saturated heterocycles. The van der Waals surface area contributed by atoms with E-state index < -0.39 is 36.8 Å². The van der Waals surface area contributed by atoms with Gasteiger partial charge in [-0.3, -0.25) is 4.79 Å². The van der Waals surface area contributed by atoms with Crippen LogP contribution in [0.1, 0.15) is 77.5 Å². The third-order valence-corrected chi connectivity index (χ3v) is 18.9. The second-order valence-corrected chi connectivity index (χ2v) is 36.2. The molecule has 11 nitrogen and oxygen atoms in total. The number of carbonyl (C=O) groups is 1. The van der Waals surface area contributed by atoms with Crippen LogP contribution in [-0.4, -0.2) is 66.8 Å². The van der Waals surface area contributed by atoms with Crippen LogP contribution in [0.4, 0.5) is 118 Å². The number of carbonyl (C=O) groups excluding carboxylic acids is 1. The molecule has 0 atom stereocenters. The number of esters is 1. The molecule has 17 aliphatic heterocycles. The van der Waals surface area contributed by atoms with E-state index in [0.717, 1.165) is 103 Å². The summed E-state index contributed by atoms with van der Waals surface area (Å²) in [5, 5.41) is 0. The monoisotopic (exact) mass is 1720 g/mol. The van der Waals surface area contributed by atoms with Gasteiger partial charge < -0.3 is 28.7 Å². The predicted molar refractivity (Wildman–Crippen MR) is 389 cm³/mol. The number of anilines is 3. The van der Waals surface area contributed by atoms with Crippen molar-refractivity contribution in [3.8, 4) is 22.3 Å². The van der Waals surface area contributed by atoms with Crippen molar-refractivity contribution in [3.63, 3.8) is 0 Å². The number of halogens is 24. The largest absolute Gasteiger partial charge is 0.201 e. The maximum Gasteiger partial charge on any atom is 0.173 e. The molecule has 9 aromatic rings. The Morgan fingerprint density at radius 2 is 0.667 bits per heavy atom. The Morgan fingerprint density at radius 3 is 0.956 bits per heavy atom. The Balaban J connectivity index is 0.000000196. The number of ether oxygens (including phenoxy) is 4. The zero-order chi connectivity index (χ0) is 84.1. The van der Waals surface area contributed by atoms with Gasteiger partial charge in [-0.15, -0.1) is 0 Å². The van der Waals surface area contributed by atoms with E-state index in [0.29, 0.717) is 33.0 Å². The van der Waals surface area contributed by atoms with Gasteiger partial charge in [-0.05, 0) is 108 Å². The van der Waals surface area contributed by atoms with E-state index >= 15 is 0 Å². The first-order valence-electron chi connectivity index (χ1n) is 35.0. The van der Waals surface area contributed by atoms with Crippen molar-refractivity contribution in [1.29, 1.82) is 0 Å². The van der Waals surface area contributed by atoms with Crippen LogP contribution in [0.2, 0.25) is 0 Å². The van der Waals surface area contributed by atoms with Gasteiger partial charge in [-0.25, -0.2) is 18.3 Å². The number of para-hydroxylation sites is 2. The van der Waals surface area contributed by atoms with Gasteiger partial charge in [-0.2, -0.15) is 0 Å². The number of hydrogen-bond acceptors (Lipinski definition) is 7. The van der Waals surface area contributed by atoms with Crippen molar-refractivity contribution in [2.75, 3.05) is 70.6 Å². The molecule has 0 N–H and O–H groups in total. The van der Waals surface area contributed by atoms with Crippen LogP contribution in [0.25, 0.3) is 22.3 Å². The molecule has 0 unspecified atom stereocenters. The van der Waals surface area contributed by atoms with Gasteiger partial charge in [-0.1, -0.05) is 97.1 Å². The van der Waals surface area contributed by atoms with Crippen LogP contribution in [0.3, 0.4) is 0 Å². The van der Waals surface area contributed by atoms with Crippen LogP contribution < -0.4 is 28.1 Å². The van der Waals surface area contributed by atoms with E-state index in [1.165, 1.54) is 63.8 Å². The van der Waals surface area contributed by atoms with Gasteiger partial charge in [0.05, 0.1) is 31.8 Å². The number of likely N-dealkylation sites (N-methyl/N-ethyl adjacent to an activating group) is 1. The molecule has 628 valence electrons. The summed E-state index contributed by atoms with van der Waals surface area (Å²) in [6, 6.07) is 61.2. The van der Waals surface area contributed by atoms with Crippen molar-refractivity contribution in [3.05, 3.63) is 258 Å². The summed E-state index contributed by atoms with van der Waals surface area (Å²) in [4.78, 5) is 17.4. The van der Waals surface area contributed by atoms with Crippen LogP contribution >= 0.6 is 31.2 Å². The van der Waals surface area contributed by atoms with E-state index in [9.17, 15) is 106 Å². The SMILES string of the molecule is COC1(c2ccc(N(C)CCOCCOCCOC(=O)C34CC5CC(CC(C5)C3)C4)cc2)c2ccccc2N(C)c2ccccc21.F[P-](F)(F)(F)(F)F.F[P-](F)(F)(F)(F)F.F[P-](F)(F)(F)(F)F.F[P-](F)(F)(F)(F)F.c1cc2ccc1C[n+]1ccc(cc1)-c1cc[n+](cc1)Cc1ccc(cc1)C[n+]1ccc(cc1)-c1cc[n+](cc1)C2. The molecular formula is C75H80F24N6O5P4. The Hall–Kier alpha value is -8.31. The number of fused-ring (bicyclic) bond motifs is 2. The molecule has 0 amide bonds. The fourth-order valence-corrected chi connectivity index (χ4v) is 14.7. The average molecular weight is 1730 g/mol. The quantitative estimate of drug-likeness (QED) is 0.0374. The smallest absolute Gasteiger partial charge is 0.173 e. The fourth-order valence-electron chi connectivity index (χ4n) is 14.7. The zero-order valence-electron chi connectivity index (χ0n) is 60.9. The average Bonchev–Trinajstić information content (AvgIpc) is 0.714. The molecule has 114 heavy (non-hydrogen) atoms. The number of benzene rings is 5. The van der Waals surface area contributed by atoms with E-state index in [1.54, 1.807) is 7.11 Å². The number of aromatic nitrogens is 4. The van der Waals surface area contributed by atoms with Gasteiger partial charge >= 0.3 is 138 Å². The number of hydrogen-bond donors (Lipinski definition) is 0. The van der Waals surface area contributed by atoms with E-state index in [-0.39, 0.29) is 11.4 Å². The fraction of sp³-hybridized carbons (Fsp3) is 0.320. The van der Waals surface area contributed by atoms with E-state index in [2.05, 4.69) is 262 Å². The first-order valence-corrected chi connectivity index (χ1v) is 43.1. The van der Waals surface area contributed by atoms with Crippen molar-refractivity contribution in [1.82, 2.24) is 0 Å². The van der Waals surface area contributed by atoms with Crippen LogP contribution in [0, 0.1) is 23.2 Å². The van der Waals surface area contributed by atoms with Crippen molar-refractivity contribution in [2.24, 2.45) is 23.2 Å². The number of nitrogens with zero attached hydrogens (tertiary/aromatic N) is 6. The molecule has 0 spiro atoms. The molecule has 21 heterocycles. The summed E-state index contributed by atoms with van der Waals surface area (Å²) in [7, 11) is -36.6. The standard InChI is InChI=1S/C39H48N2O5.C36H32N4.4F6P/c1-40(16-17-44-18-19-45-20-21-46-37(42)38-25-28-22-29(26-38)24-30(23-28)27-38)32-14-12-31(13-15-32)39(43-3)33-8-4-6-10-35(33)41(2)36-11-7-5-9-34(36)39;1-2-30-4-3-29(1)25-37-17-9-33(10-18-37)35-13-21-39(22-14-35)27-31-5-7-32(8-6-31)28-40-23-15-36(16-24-40)34-11-19-38(26-30)20-12-34;4*1-7(2,3,4,5)6/h4-15,28-30H,16-27H2,1-3H3;1-24H,25-28H2;;;;/q;+4;4*-1. The Morgan fingerprint density at radius 1 is 0.395 bits per heavy atom. The van der Waals surface area contributed by atoms with Gasteiger partial charge in [0.15, 0.2) is 75.8 Å². The van der Waals surface area contributed by atoms with Gasteiger partial charge in [0.1, 0.15) is 12.2 Å². The topological polar surface area (TPSA) is 76.0 Å². The maximum absolute atomic E-state index is 13.0. The zero-order valence-corrected chi connectivity index (χ0v) is 64.5. The molecule has 4 aromatic heterocycles. The molecule has 4 saturated carbocycles. The van der Waals surface area contributed by atoms with Crippen molar-refractivity contribution in [2.45, 2.75) is 70.3 Å². The Kier molecular flexibility index (Phi) is 24.1. The predicted octanol–water partition coefficient (Wildman–Crippen LogP) is 25.1. The second-order valence-electron chi connectivity index (χ2n) is 28.5. The van der Waals surface area contributed by atoms with Crippen LogP contribution in [0.5, 0.6) is 0 Å². The minimum absolute atomic E-state index is 0.0286. The van der Waals surface area contributed by atoms with Gasteiger partial charge in [0.2, 0.25) is 0 Å². The third-order valence-electron chi connectivity index (χ3n) is 18.9. The minimum Gasteiger partial charge on any atom is -0.201 e. The molecule has 0 radical (unpaired) electrons. The van der Waals surface area contributed by atoms with Crippen molar-refractivity contribution >= 4 is 54.3 Å². The molecule has 4 fully saturated rings. The minimum atomic E-state index is -10.7. The van der Waals surface area contributed by atoms with Gasteiger partial charge in [0.25, 0.3) is 0 Å². The second kappa shape index (κ2) is 30.6. The van der Waals surface area contributed by atoms with E-state index in [4.69, 9.17) is 18.9 Å². The molecular weight excluding hydrogens is 1640 g/mol. The first-order chi connectivity index (χ1) is 52.0. The Bertz CT molecular complexity index is 4290. The Labute approximate surface area is 639 Å². The first kappa shape index (κ1) is 89.6.